The Kier molecular flexibility index (Phi) is 9.07. The van der Waals surface area contributed by atoms with Gasteiger partial charge in [0.15, 0.2) is 0 Å². The number of carbonyl (C=O) groups excluding carboxylic acids is 2. The van der Waals surface area contributed by atoms with E-state index in [0.29, 0.717) is 32.4 Å². The number of hydrogen-bond donors (Lipinski definition) is 1. The molecule has 1 N–H and O–H groups in total. The summed E-state index contributed by atoms with van der Waals surface area (Å²) in [6.45, 7) is 2.73. The summed E-state index contributed by atoms with van der Waals surface area (Å²) in [6, 6.07) is 26.8. The van der Waals surface area contributed by atoms with Gasteiger partial charge in [-0.3, -0.25) is 9.59 Å². The predicted octanol–water partition coefficient (Wildman–Crippen LogP) is 4.40. The summed E-state index contributed by atoms with van der Waals surface area (Å²) in [5.74, 6) is 0.535. The van der Waals surface area contributed by atoms with Crippen molar-refractivity contribution < 1.29 is 14.3 Å². The Morgan fingerprint density at radius 1 is 0.879 bits per heavy atom. The SMILES string of the molecule is CCNC(=O)[C@H](Cc1ccccc1)N(Cc1cccc(OC)c1)C(=O)CCc1ccccc1. The van der Waals surface area contributed by atoms with Crippen molar-refractivity contribution in [2.24, 2.45) is 0 Å². The molecule has 0 aromatic heterocycles. The number of nitrogens with zero attached hydrogens (tertiary/aromatic N) is 1. The lowest BCUT2D eigenvalue weighted by molar-refractivity contribution is -0.141. The number of carbonyl (C=O) groups is 2. The lowest BCUT2D eigenvalue weighted by Gasteiger charge is -2.31. The van der Waals surface area contributed by atoms with Crippen LogP contribution >= 0.6 is 0 Å². The van der Waals surface area contributed by atoms with Gasteiger partial charge < -0.3 is 15.0 Å². The van der Waals surface area contributed by atoms with E-state index < -0.39 is 6.04 Å². The van der Waals surface area contributed by atoms with Crippen LogP contribution in [0.15, 0.2) is 84.9 Å². The van der Waals surface area contributed by atoms with E-state index in [-0.39, 0.29) is 11.8 Å². The molecule has 3 rings (SSSR count). The predicted molar refractivity (Wildman–Crippen MR) is 131 cm³/mol. The molecular formula is C28H32N2O3. The second-order valence-corrected chi connectivity index (χ2v) is 7.96. The molecule has 2 amide bonds. The van der Waals surface area contributed by atoms with Gasteiger partial charge in [0, 0.05) is 25.9 Å². The van der Waals surface area contributed by atoms with E-state index in [0.717, 1.165) is 22.4 Å². The molecule has 0 aliphatic rings. The Labute approximate surface area is 196 Å². The summed E-state index contributed by atoms with van der Waals surface area (Å²) in [7, 11) is 1.62. The fourth-order valence-electron chi connectivity index (χ4n) is 3.85. The van der Waals surface area contributed by atoms with Gasteiger partial charge >= 0.3 is 0 Å². The highest BCUT2D eigenvalue weighted by atomic mass is 16.5. The molecule has 0 saturated carbocycles. The normalized spacial score (nSPS) is 11.5. The third kappa shape index (κ3) is 7.21. The van der Waals surface area contributed by atoms with Crippen molar-refractivity contribution in [3.8, 4) is 5.75 Å². The first-order valence-corrected chi connectivity index (χ1v) is 11.4. The van der Waals surface area contributed by atoms with Gasteiger partial charge in [-0.2, -0.15) is 0 Å². The first-order chi connectivity index (χ1) is 16.1. The highest BCUT2D eigenvalue weighted by Gasteiger charge is 2.30. The topological polar surface area (TPSA) is 58.6 Å². The van der Waals surface area contributed by atoms with Crippen molar-refractivity contribution in [1.82, 2.24) is 10.2 Å². The fraction of sp³-hybridized carbons (Fsp3) is 0.286. The quantitative estimate of drug-likeness (QED) is 0.477. The molecule has 0 spiro atoms. The maximum absolute atomic E-state index is 13.5. The minimum absolute atomic E-state index is 0.0474. The van der Waals surface area contributed by atoms with E-state index in [9.17, 15) is 9.59 Å². The lowest BCUT2D eigenvalue weighted by atomic mass is 10.0. The van der Waals surface area contributed by atoms with Gasteiger partial charge in [0.2, 0.25) is 11.8 Å². The molecule has 0 bridgehead atoms. The van der Waals surface area contributed by atoms with Crippen LogP contribution in [0.1, 0.15) is 30.0 Å². The molecule has 33 heavy (non-hydrogen) atoms. The first-order valence-electron chi connectivity index (χ1n) is 11.4. The van der Waals surface area contributed by atoms with E-state index in [1.165, 1.54) is 0 Å². The number of likely N-dealkylation sites (N-methyl/N-ethyl adjacent to an activating group) is 1. The van der Waals surface area contributed by atoms with E-state index in [2.05, 4.69) is 5.32 Å². The second-order valence-electron chi connectivity index (χ2n) is 7.96. The minimum atomic E-state index is -0.609. The van der Waals surface area contributed by atoms with Crippen molar-refractivity contribution in [1.29, 1.82) is 0 Å². The van der Waals surface area contributed by atoms with Crippen molar-refractivity contribution in [3.63, 3.8) is 0 Å². The largest absolute Gasteiger partial charge is 0.497 e. The van der Waals surface area contributed by atoms with Gasteiger partial charge in [-0.15, -0.1) is 0 Å². The Morgan fingerprint density at radius 3 is 2.15 bits per heavy atom. The molecule has 3 aromatic carbocycles. The molecule has 5 heteroatoms. The molecule has 0 fully saturated rings. The number of hydrogen-bond acceptors (Lipinski definition) is 3. The van der Waals surface area contributed by atoms with Crippen molar-refractivity contribution >= 4 is 11.8 Å². The summed E-state index contributed by atoms with van der Waals surface area (Å²) in [4.78, 5) is 28.4. The van der Waals surface area contributed by atoms with Crippen molar-refractivity contribution in [2.45, 2.75) is 38.8 Å². The minimum Gasteiger partial charge on any atom is -0.497 e. The maximum atomic E-state index is 13.5. The van der Waals surface area contributed by atoms with Gasteiger partial charge in [0.05, 0.1) is 7.11 Å². The zero-order valence-corrected chi connectivity index (χ0v) is 19.4. The highest BCUT2D eigenvalue weighted by Crippen LogP contribution is 2.19. The summed E-state index contributed by atoms with van der Waals surface area (Å²) < 4.78 is 5.36. The van der Waals surface area contributed by atoms with Gasteiger partial charge in [0.1, 0.15) is 11.8 Å². The molecular weight excluding hydrogens is 412 g/mol. The summed E-state index contributed by atoms with van der Waals surface area (Å²) >= 11 is 0. The molecule has 3 aromatic rings. The van der Waals surface area contributed by atoms with Gasteiger partial charge in [-0.1, -0.05) is 72.8 Å². The van der Waals surface area contributed by atoms with Crippen molar-refractivity contribution in [2.75, 3.05) is 13.7 Å². The maximum Gasteiger partial charge on any atom is 0.243 e. The van der Waals surface area contributed by atoms with Gasteiger partial charge in [-0.25, -0.2) is 0 Å². The van der Waals surface area contributed by atoms with Crippen LogP contribution < -0.4 is 10.1 Å². The van der Waals surface area contributed by atoms with Crippen LogP contribution in [0.25, 0.3) is 0 Å². The standard InChI is InChI=1S/C28H32N2O3/c1-3-29-28(32)26(20-23-13-8-5-9-14-23)30(21-24-15-10-16-25(19-24)33-2)27(31)18-17-22-11-6-4-7-12-22/h4-16,19,26H,3,17-18,20-21H2,1-2H3,(H,29,32)/t26-/m0/s1. The summed E-state index contributed by atoms with van der Waals surface area (Å²) in [5.41, 5.74) is 3.04. The number of aryl methyl sites for hydroxylation is 1. The fourth-order valence-corrected chi connectivity index (χ4v) is 3.85. The number of rotatable bonds is 11. The smallest absolute Gasteiger partial charge is 0.243 e. The molecule has 0 aliphatic heterocycles. The number of amides is 2. The molecule has 5 nitrogen and oxygen atoms in total. The monoisotopic (exact) mass is 444 g/mol. The summed E-state index contributed by atoms with van der Waals surface area (Å²) in [5, 5.41) is 2.93. The zero-order valence-electron chi connectivity index (χ0n) is 19.4. The molecule has 0 heterocycles. The molecule has 172 valence electrons. The third-order valence-corrected chi connectivity index (χ3v) is 5.58. The lowest BCUT2D eigenvalue weighted by Crippen LogP contribution is -2.50. The van der Waals surface area contributed by atoms with E-state index >= 15 is 0 Å². The van der Waals surface area contributed by atoms with Gasteiger partial charge in [0.25, 0.3) is 0 Å². The molecule has 1 atom stereocenters. The van der Waals surface area contributed by atoms with E-state index in [4.69, 9.17) is 4.74 Å². The summed E-state index contributed by atoms with van der Waals surface area (Å²) in [6.07, 6.45) is 1.41. The Morgan fingerprint density at radius 2 is 1.52 bits per heavy atom. The van der Waals surface area contributed by atoms with Crippen LogP contribution in [0.3, 0.4) is 0 Å². The van der Waals surface area contributed by atoms with Crippen LogP contribution in [0.4, 0.5) is 0 Å². The van der Waals surface area contributed by atoms with Crippen LogP contribution in [0, 0.1) is 0 Å². The Hall–Kier alpha value is -3.60. The molecule has 0 radical (unpaired) electrons. The Balaban J connectivity index is 1.89. The Bertz CT molecular complexity index is 1020. The first kappa shape index (κ1) is 24.1. The van der Waals surface area contributed by atoms with Crippen LogP contribution in [-0.4, -0.2) is 36.4 Å². The number of nitrogens with one attached hydrogen (secondary N) is 1. The molecule has 0 aliphatic carbocycles. The van der Waals surface area contributed by atoms with Crippen molar-refractivity contribution in [3.05, 3.63) is 102 Å². The third-order valence-electron chi connectivity index (χ3n) is 5.58. The van der Waals surface area contributed by atoms with Crippen LogP contribution in [-0.2, 0) is 29.0 Å². The van der Waals surface area contributed by atoms with Gasteiger partial charge in [-0.05, 0) is 42.2 Å². The number of benzene rings is 3. The van der Waals surface area contributed by atoms with Crippen LogP contribution in [0.5, 0.6) is 5.75 Å². The average molecular weight is 445 g/mol. The molecule has 0 saturated heterocycles. The number of ether oxygens (including phenoxy) is 1. The van der Waals surface area contributed by atoms with Crippen LogP contribution in [0.2, 0.25) is 0 Å². The van der Waals surface area contributed by atoms with E-state index in [1.807, 2.05) is 91.9 Å². The van der Waals surface area contributed by atoms with E-state index in [1.54, 1.807) is 12.0 Å². The average Bonchev–Trinajstić information content (AvgIpc) is 2.86. The second kappa shape index (κ2) is 12.4. The zero-order chi connectivity index (χ0) is 23.5. The highest BCUT2D eigenvalue weighted by molar-refractivity contribution is 5.88. The number of methoxy groups -OCH3 is 1. The molecule has 0 unspecified atom stereocenters.